The van der Waals surface area contributed by atoms with Crippen molar-refractivity contribution in [2.24, 2.45) is 0 Å². The van der Waals surface area contributed by atoms with Gasteiger partial charge in [-0.05, 0) is 88.2 Å². The molecule has 2 saturated heterocycles. The highest BCUT2D eigenvalue weighted by Gasteiger charge is 2.51. The van der Waals surface area contributed by atoms with E-state index in [1.807, 2.05) is 25.1 Å². The quantitative estimate of drug-likeness (QED) is 0.538. The molecule has 36 heavy (non-hydrogen) atoms. The summed E-state index contributed by atoms with van der Waals surface area (Å²) in [6.07, 6.45) is -2.03. The predicted molar refractivity (Wildman–Crippen MR) is 135 cm³/mol. The fourth-order valence-corrected chi connectivity index (χ4v) is 5.49. The zero-order valence-electron chi connectivity index (χ0n) is 20.4. The molecule has 0 spiro atoms. The van der Waals surface area contributed by atoms with Crippen LogP contribution in [0.5, 0.6) is 5.75 Å². The highest BCUT2D eigenvalue weighted by molar-refractivity contribution is 7.81. The molecule has 192 valence electrons. The normalized spacial score (nSPS) is 20.5. The first kappa shape index (κ1) is 26.2. The third kappa shape index (κ3) is 4.74. The third-order valence-corrected chi connectivity index (χ3v) is 7.26. The second kappa shape index (κ2) is 9.87. The lowest BCUT2D eigenvalue weighted by Gasteiger charge is -2.34. The minimum Gasteiger partial charge on any atom is -0.490 e. The summed E-state index contributed by atoms with van der Waals surface area (Å²) in [6, 6.07) is 10.6. The monoisotopic (exact) mass is 518 g/mol. The Balaban J connectivity index is 1.69. The first-order valence-electron chi connectivity index (χ1n) is 11.9. The number of aryl methyl sites for hydroxylation is 1. The molecule has 2 aromatic rings. The summed E-state index contributed by atoms with van der Waals surface area (Å²) in [5, 5.41) is 12.4. The first-order chi connectivity index (χ1) is 17.0. The van der Waals surface area contributed by atoms with Crippen LogP contribution in [0.15, 0.2) is 36.4 Å². The molecule has 2 heterocycles. The molecular weight excluding hydrogens is 489 g/mol. The van der Waals surface area contributed by atoms with E-state index in [1.165, 1.54) is 11.0 Å². The molecule has 1 N–H and O–H groups in total. The number of rotatable bonds is 5. The molecule has 10 heteroatoms. The average molecular weight is 519 g/mol. The number of anilines is 2. The van der Waals surface area contributed by atoms with Crippen LogP contribution in [-0.2, 0) is 17.4 Å². The van der Waals surface area contributed by atoms with Crippen molar-refractivity contribution in [1.29, 1.82) is 5.26 Å². The number of thiol groups is 1. The van der Waals surface area contributed by atoms with Gasteiger partial charge in [-0.1, -0.05) is 6.92 Å². The number of piperidine rings is 1. The van der Waals surface area contributed by atoms with Crippen molar-refractivity contribution in [3.05, 3.63) is 53.1 Å². The highest BCUT2D eigenvalue weighted by Crippen LogP contribution is 2.43. The van der Waals surface area contributed by atoms with Gasteiger partial charge in [0.25, 0.3) is 5.91 Å². The van der Waals surface area contributed by atoms with Crippen molar-refractivity contribution in [1.82, 2.24) is 5.32 Å². The molecule has 6 nitrogen and oxygen atoms in total. The highest BCUT2D eigenvalue weighted by atomic mass is 32.1. The van der Waals surface area contributed by atoms with Gasteiger partial charge in [0.1, 0.15) is 17.4 Å². The fraction of sp³-hybridized carbons (Fsp3) is 0.462. The van der Waals surface area contributed by atoms with Gasteiger partial charge in [-0.15, -0.1) is 12.6 Å². The molecule has 4 rings (SSSR count). The Kier molecular flexibility index (Phi) is 7.17. The summed E-state index contributed by atoms with van der Waals surface area (Å²) < 4.78 is 47.0. The Morgan fingerprint density at radius 2 is 1.83 bits per heavy atom. The lowest BCUT2D eigenvalue weighted by Crippen LogP contribution is -2.45. The lowest BCUT2D eigenvalue weighted by atomic mass is 10.0. The molecule has 0 bridgehead atoms. The number of carbonyl (C=O) groups excluding carboxylic acids is 1. The molecule has 1 atom stereocenters. The van der Waals surface area contributed by atoms with Crippen LogP contribution >= 0.6 is 12.6 Å². The van der Waals surface area contributed by atoms with E-state index in [2.05, 4.69) is 17.9 Å². The predicted octanol–water partition coefficient (Wildman–Crippen LogP) is 5.12. The Bertz CT molecular complexity index is 1190. The second-order valence-corrected chi connectivity index (χ2v) is 9.96. The number of nitrogens with one attached hydrogen (secondary N) is 1. The second-order valence-electron chi connectivity index (χ2n) is 9.50. The van der Waals surface area contributed by atoms with E-state index >= 15 is 0 Å². The number of hydrogen-bond donors (Lipinski definition) is 2. The van der Waals surface area contributed by atoms with E-state index in [1.54, 1.807) is 24.8 Å². The average Bonchev–Trinajstić information content (AvgIpc) is 3.02. The van der Waals surface area contributed by atoms with Gasteiger partial charge in [0.2, 0.25) is 0 Å². The minimum atomic E-state index is -4.73. The van der Waals surface area contributed by atoms with Crippen LogP contribution in [0.1, 0.15) is 50.3 Å². The van der Waals surface area contributed by atoms with E-state index in [4.69, 9.17) is 10.00 Å². The van der Waals surface area contributed by atoms with Crippen molar-refractivity contribution in [2.75, 3.05) is 22.9 Å². The molecule has 0 aliphatic carbocycles. The van der Waals surface area contributed by atoms with E-state index in [-0.39, 0.29) is 11.8 Å². The molecule has 2 aliphatic rings. The van der Waals surface area contributed by atoms with Crippen LogP contribution in [0.2, 0.25) is 0 Å². The third-order valence-electron chi connectivity index (χ3n) is 6.80. The molecule has 0 aromatic heterocycles. The van der Waals surface area contributed by atoms with Crippen molar-refractivity contribution in [3.63, 3.8) is 0 Å². The maximum atomic E-state index is 13.6. The molecule has 1 amide bonds. The number of nitriles is 1. The van der Waals surface area contributed by atoms with Crippen LogP contribution in [0.25, 0.3) is 0 Å². The van der Waals surface area contributed by atoms with Gasteiger partial charge in [-0.25, -0.2) is 0 Å². The zero-order valence-corrected chi connectivity index (χ0v) is 21.3. The van der Waals surface area contributed by atoms with Gasteiger partial charge >= 0.3 is 6.18 Å². The Morgan fingerprint density at radius 3 is 2.44 bits per heavy atom. The molecule has 0 saturated carbocycles. The summed E-state index contributed by atoms with van der Waals surface area (Å²) in [7, 11) is 0. The van der Waals surface area contributed by atoms with E-state index < -0.39 is 34.2 Å². The minimum absolute atomic E-state index is 0.0310. The van der Waals surface area contributed by atoms with Gasteiger partial charge in [-0.2, -0.15) is 18.4 Å². The van der Waals surface area contributed by atoms with Crippen LogP contribution in [0.3, 0.4) is 0 Å². The summed E-state index contributed by atoms with van der Waals surface area (Å²) in [5.41, 5.74) is -1.80. The summed E-state index contributed by atoms with van der Waals surface area (Å²) in [4.78, 5) is 16.5. The topological polar surface area (TPSA) is 68.6 Å². The number of amides is 1. The van der Waals surface area contributed by atoms with Crippen molar-refractivity contribution in [2.45, 2.75) is 63.4 Å². The largest absolute Gasteiger partial charge is 0.490 e. The van der Waals surface area contributed by atoms with Crippen LogP contribution in [-0.4, -0.2) is 36.1 Å². The molecule has 1 unspecified atom stereocenters. The maximum Gasteiger partial charge on any atom is 0.417 e. The van der Waals surface area contributed by atoms with Gasteiger partial charge in [0.05, 0.1) is 17.2 Å². The number of hydrogen-bond acceptors (Lipinski definition) is 6. The number of benzene rings is 2. The summed E-state index contributed by atoms with van der Waals surface area (Å²) in [6.45, 7) is 7.29. The number of ether oxygens (including phenoxy) is 1. The summed E-state index contributed by atoms with van der Waals surface area (Å²) in [5.74, 6) is 0.402. The van der Waals surface area contributed by atoms with Gasteiger partial charge in [0, 0.05) is 11.4 Å². The number of nitrogens with zero attached hydrogens (tertiary/aromatic N) is 3. The standard InChI is InChI=1S/C26H29F3N4O2S/c1-4-16-13-19(7-8-22(16)35-20-9-11-31-12-10-20)33-24(36)32(23(34)25(33,2)3)18-6-5-17(15-30)21(14-18)26(27,28)29/h5-8,13-14,20,24,31,36H,4,9-12H2,1-3H3. The lowest BCUT2D eigenvalue weighted by molar-refractivity contribution is -0.137. The first-order valence-corrected chi connectivity index (χ1v) is 12.4. The van der Waals surface area contributed by atoms with Gasteiger partial charge < -0.3 is 15.0 Å². The smallest absolute Gasteiger partial charge is 0.417 e. The van der Waals surface area contributed by atoms with E-state index in [0.29, 0.717) is 6.42 Å². The van der Waals surface area contributed by atoms with Crippen molar-refractivity contribution in [3.8, 4) is 11.8 Å². The Labute approximate surface area is 214 Å². The van der Waals surface area contributed by atoms with Gasteiger partial charge in [0.15, 0.2) is 5.50 Å². The molecule has 2 aromatic carbocycles. The number of halogens is 3. The van der Waals surface area contributed by atoms with Crippen molar-refractivity contribution >= 4 is 29.9 Å². The van der Waals surface area contributed by atoms with Crippen LogP contribution in [0, 0.1) is 11.3 Å². The molecule has 2 fully saturated rings. The van der Waals surface area contributed by atoms with E-state index in [0.717, 1.165) is 55.1 Å². The molecule has 0 radical (unpaired) electrons. The number of alkyl halides is 3. The maximum absolute atomic E-state index is 13.6. The zero-order chi connectivity index (χ0) is 26.3. The SMILES string of the molecule is CCc1cc(N2C(S)N(c3ccc(C#N)c(C(F)(F)F)c3)C(=O)C2(C)C)ccc1OC1CCNCC1. The molecule has 2 aliphatic heterocycles. The molecular formula is C26H29F3N4O2S. The Hall–Kier alpha value is -2.90. The van der Waals surface area contributed by atoms with Crippen molar-refractivity contribution < 1.29 is 22.7 Å². The van der Waals surface area contributed by atoms with Crippen LogP contribution in [0.4, 0.5) is 24.5 Å². The van der Waals surface area contributed by atoms with E-state index in [9.17, 15) is 18.0 Å². The number of carbonyl (C=O) groups is 1. The fourth-order valence-electron chi connectivity index (χ4n) is 4.83. The van der Waals surface area contributed by atoms with Gasteiger partial charge in [-0.3, -0.25) is 9.69 Å². The van der Waals surface area contributed by atoms with Crippen LogP contribution < -0.4 is 19.9 Å². The summed E-state index contributed by atoms with van der Waals surface area (Å²) >= 11 is 4.68. The Morgan fingerprint density at radius 1 is 1.17 bits per heavy atom.